The summed E-state index contributed by atoms with van der Waals surface area (Å²) in [7, 11) is 0. The highest BCUT2D eigenvalue weighted by Crippen LogP contribution is 2.37. The van der Waals surface area contributed by atoms with Gasteiger partial charge in [0.25, 0.3) is 11.8 Å². The van der Waals surface area contributed by atoms with Gasteiger partial charge in [0.15, 0.2) is 0 Å². The van der Waals surface area contributed by atoms with E-state index >= 15 is 0 Å². The van der Waals surface area contributed by atoms with E-state index in [1.807, 2.05) is 28.9 Å². The molecule has 2 aromatic heterocycles. The highest BCUT2D eigenvalue weighted by molar-refractivity contribution is 6.23. The number of hydrogen-bond acceptors (Lipinski definition) is 10. The van der Waals surface area contributed by atoms with Crippen LogP contribution in [0.4, 0.5) is 5.69 Å². The zero-order valence-electron chi connectivity index (χ0n) is 30.5. The summed E-state index contributed by atoms with van der Waals surface area (Å²) in [6, 6.07) is 23.3. The van der Waals surface area contributed by atoms with Crippen LogP contribution in [-0.2, 0) is 16.0 Å². The first-order chi connectivity index (χ1) is 27.3. The summed E-state index contributed by atoms with van der Waals surface area (Å²) in [6.07, 6.45) is 7.47. The first-order valence-electron chi connectivity index (χ1n) is 19.1. The monoisotopic (exact) mass is 746 g/mol. The average molecular weight is 747 g/mol. The number of rotatable bonds is 8. The number of nitrogens with zero attached hydrogens (tertiary/aromatic N) is 7. The second-order valence-electron chi connectivity index (χ2n) is 15.4. The minimum atomic E-state index is -0.966. The number of aryl methyl sites for hydroxylation is 1. The molecule has 5 aliphatic rings. The molecule has 3 aromatic carbocycles. The van der Waals surface area contributed by atoms with E-state index in [1.54, 1.807) is 24.5 Å². The molecule has 5 aromatic rings. The third kappa shape index (κ3) is 5.77. The molecule has 1 aliphatic carbocycles. The van der Waals surface area contributed by atoms with E-state index in [4.69, 9.17) is 5.10 Å². The summed E-state index contributed by atoms with van der Waals surface area (Å²) in [4.78, 5) is 60.3. The molecule has 6 heterocycles. The lowest BCUT2D eigenvalue weighted by molar-refractivity contribution is -0.136. The second-order valence-corrected chi connectivity index (χ2v) is 15.4. The van der Waals surface area contributed by atoms with E-state index in [2.05, 4.69) is 67.9 Å². The van der Waals surface area contributed by atoms with Crippen molar-refractivity contribution in [2.24, 2.45) is 11.1 Å². The molecule has 280 valence electrons. The van der Waals surface area contributed by atoms with Crippen LogP contribution in [0, 0.1) is 5.92 Å². The van der Waals surface area contributed by atoms with Gasteiger partial charge in [-0.15, -0.1) is 0 Å². The normalized spacial score (nSPS) is 20.6. The van der Waals surface area contributed by atoms with Gasteiger partial charge < -0.3 is 15.0 Å². The number of hydrogen-bond donors (Lipinski definition) is 2. The number of likely N-dealkylation sites (tertiary alicyclic amines) is 1. The molecule has 56 heavy (non-hydrogen) atoms. The average Bonchev–Trinajstić information content (AvgIpc) is 3.88. The van der Waals surface area contributed by atoms with Crippen LogP contribution in [0.1, 0.15) is 62.6 Å². The van der Waals surface area contributed by atoms with Gasteiger partial charge in [0.2, 0.25) is 11.8 Å². The zero-order valence-corrected chi connectivity index (χ0v) is 30.5. The molecule has 3 saturated heterocycles. The van der Waals surface area contributed by atoms with Crippen LogP contribution in [0.2, 0.25) is 0 Å². The van der Waals surface area contributed by atoms with Crippen molar-refractivity contribution >= 4 is 35.0 Å². The lowest BCUT2D eigenvalue weighted by atomic mass is 9.89. The molecule has 0 bridgehead atoms. The summed E-state index contributed by atoms with van der Waals surface area (Å²) < 4.78 is 1.95. The van der Waals surface area contributed by atoms with E-state index in [-0.39, 0.29) is 18.7 Å². The minimum absolute atomic E-state index is 0.0961. The molecule has 4 aliphatic heterocycles. The standard InChI is InChI=1S/C43H38N8O5/c52-39-12-11-38(41(53)45-39)51-42(54)34-9-7-32(18-35(34)43(51)55)49-20-25(21-49)19-48-22-30(23-48)26-1-5-31(6-2-26)50-24-36(40(46-50)27-13-15-44-16-14-27)29-3-8-33-28(17-29)4-10-37(33)47-56/h1-3,5-9,13-18,24-25,30,38,56H,4,10-12,19-23H2,(H,45,52,53)/b47-37-/t38-/m1/s1. The molecule has 0 spiro atoms. The molecule has 10 rings (SSSR count). The molecular weight excluding hydrogens is 709 g/mol. The van der Waals surface area contributed by atoms with Crippen molar-refractivity contribution in [3.8, 4) is 28.1 Å². The van der Waals surface area contributed by atoms with Gasteiger partial charge in [0.05, 0.1) is 22.5 Å². The first kappa shape index (κ1) is 34.1. The quantitative estimate of drug-likeness (QED) is 0.131. The van der Waals surface area contributed by atoms with Gasteiger partial charge in [-0.1, -0.05) is 35.5 Å². The van der Waals surface area contributed by atoms with Crippen molar-refractivity contribution in [1.29, 1.82) is 0 Å². The van der Waals surface area contributed by atoms with Crippen LogP contribution in [0.15, 0.2) is 96.5 Å². The van der Waals surface area contributed by atoms with Crippen molar-refractivity contribution in [1.82, 2.24) is 29.9 Å². The van der Waals surface area contributed by atoms with Crippen LogP contribution < -0.4 is 10.2 Å². The lowest BCUT2D eigenvalue weighted by Crippen LogP contribution is -2.55. The Morgan fingerprint density at radius 1 is 0.750 bits per heavy atom. The van der Waals surface area contributed by atoms with Crippen LogP contribution in [0.25, 0.3) is 28.1 Å². The Hall–Kier alpha value is -6.47. The summed E-state index contributed by atoms with van der Waals surface area (Å²) >= 11 is 0. The summed E-state index contributed by atoms with van der Waals surface area (Å²) in [6.45, 7) is 4.73. The number of benzene rings is 3. The Bertz CT molecular complexity index is 2470. The zero-order chi connectivity index (χ0) is 38.1. The number of imide groups is 2. The number of nitrogens with one attached hydrogen (secondary N) is 1. The fraction of sp³-hybridized carbons (Fsp3) is 0.279. The molecule has 13 heteroatoms. The number of piperidine rings is 1. The van der Waals surface area contributed by atoms with Gasteiger partial charge in [-0.05, 0) is 78.4 Å². The SMILES string of the molecule is O=C1CC[C@@H](N2C(=O)c3ccc(N4CC(CN5CC(c6ccc(-n7cc(-c8ccc9c(c8)CC/C9=N/O)c(-c8ccncc8)n7)cc6)C5)C4)cc3C2=O)C(=O)N1. The largest absolute Gasteiger partial charge is 0.411 e. The van der Waals surface area contributed by atoms with Crippen LogP contribution >= 0.6 is 0 Å². The minimum Gasteiger partial charge on any atom is -0.411 e. The fourth-order valence-electron chi connectivity index (χ4n) is 8.93. The maximum atomic E-state index is 13.3. The van der Waals surface area contributed by atoms with Crippen molar-refractivity contribution in [3.05, 3.63) is 119 Å². The van der Waals surface area contributed by atoms with Gasteiger partial charge in [-0.25, -0.2) is 4.68 Å². The van der Waals surface area contributed by atoms with Crippen LogP contribution in [-0.4, -0.2) is 97.9 Å². The molecular formula is C43H38N8O5. The number of amides is 4. The molecule has 13 nitrogen and oxygen atoms in total. The molecule has 2 N–H and O–H groups in total. The number of aromatic nitrogens is 3. The topological polar surface area (TPSA) is 153 Å². The van der Waals surface area contributed by atoms with E-state index in [9.17, 15) is 24.4 Å². The number of fused-ring (bicyclic) bond motifs is 2. The third-order valence-electron chi connectivity index (χ3n) is 12.0. The predicted octanol–water partition coefficient (Wildman–Crippen LogP) is 4.66. The van der Waals surface area contributed by atoms with Crippen LogP contribution in [0.5, 0.6) is 0 Å². The fourth-order valence-corrected chi connectivity index (χ4v) is 8.93. The molecule has 4 amide bonds. The number of pyridine rings is 1. The lowest BCUT2D eigenvalue weighted by Gasteiger charge is -2.47. The number of anilines is 1. The van der Waals surface area contributed by atoms with Gasteiger partial charge >= 0.3 is 0 Å². The summed E-state index contributed by atoms with van der Waals surface area (Å²) in [5.41, 5.74) is 10.7. The van der Waals surface area contributed by atoms with Crippen LogP contribution in [0.3, 0.4) is 0 Å². The molecule has 1 atom stereocenters. The van der Waals surface area contributed by atoms with Crippen molar-refractivity contribution in [2.75, 3.05) is 37.6 Å². The maximum Gasteiger partial charge on any atom is 0.262 e. The van der Waals surface area contributed by atoms with Gasteiger partial charge in [-0.3, -0.25) is 34.4 Å². The second kappa shape index (κ2) is 13.4. The predicted molar refractivity (Wildman–Crippen MR) is 207 cm³/mol. The van der Waals surface area contributed by atoms with Crippen molar-refractivity contribution in [2.45, 2.75) is 37.6 Å². The van der Waals surface area contributed by atoms with Crippen molar-refractivity contribution < 1.29 is 24.4 Å². The number of carbonyl (C=O) groups is 4. The Morgan fingerprint density at radius 3 is 2.27 bits per heavy atom. The molecule has 0 unspecified atom stereocenters. The highest BCUT2D eigenvalue weighted by atomic mass is 16.4. The van der Waals surface area contributed by atoms with Crippen molar-refractivity contribution in [3.63, 3.8) is 0 Å². The number of carbonyl (C=O) groups excluding carboxylic acids is 4. The molecule has 0 saturated carbocycles. The van der Waals surface area contributed by atoms with Gasteiger partial charge in [0.1, 0.15) is 11.7 Å². The molecule has 0 radical (unpaired) electrons. The van der Waals surface area contributed by atoms with Gasteiger partial charge in [0, 0.05) is 91.9 Å². The Morgan fingerprint density at radius 2 is 1.50 bits per heavy atom. The van der Waals surface area contributed by atoms with E-state index < -0.39 is 23.8 Å². The third-order valence-corrected chi connectivity index (χ3v) is 12.0. The maximum absolute atomic E-state index is 13.3. The van der Waals surface area contributed by atoms with E-state index in [1.165, 1.54) is 11.1 Å². The number of oxime groups is 1. The smallest absolute Gasteiger partial charge is 0.262 e. The Balaban J connectivity index is 0.763. The van der Waals surface area contributed by atoms with E-state index in [0.29, 0.717) is 23.0 Å². The summed E-state index contributed by atoms with van der Waals surface area (Å²) in [5, 5.41) is 20.2. The molecule has 3 fully saturated rings. The van der Waals surface area contributed by atoms with E-state index in [0.717, 1.165) is 95.5 Å². The van der Waals surface area contributed by atoms with Gasteiger partial charge in [-0.2, -0.15) is 5.10 Å². The summed E-state index contributed by atoms with van der Waals surface area (Å²) in [5.74, 6) is -0.989. The Kier molecular flexibility index (Phi) is 8.13. The Labute approximate surface area is 322 Å². The first-order valence-corrected chi connectivity index (χ1v) is 19.1. The highest BCUT2D eigenvalue weighted by Gasteiger charge is 2.45.